The fourth-order valence-electron chi connectivity index (χ4n) is 4.57. The van der Waals surface area contributed by atoms with E-state index in [1.165, 1.54) is 24.9 Å². The molecule has 5 nitrogen and oxygen atoms in total. The van der Waals surface area contributed by atoms with Crippen LogP contribution >= 0.6 is 11.8 Å². The van der Waals surface area contributed by atoms with Crippen molar-refractivity contribution in [2.75, 3.05) is 25.1 Å². The summed E-state index contributed by atoms with van der Waals surface area (Å²) >= 11 is 2.04. The van der Waals surface area contributed by atoms with Crippen molar-refractivity contribution < 1.29 is 13.2 Å². The second-order valence-corrected chi connectivity index (χ2v) is 11.8. The molecule has 7 heteroatoms. The van der Waals surface area contributed by atoms with E-state index in [0.29, 0.717) is 16.2 Å². The van der Waals surface area contributed by atoms with Crippen molar-refractivity contribution in [3.8, 4) is 0 Å². The molecule has 2 heterocycles. The third-order valence-corrected chi connectivity index (χ3v) is 8.82. The fraction of sp³-hybridized carbons (Fsp3) is 0.727. The van der Waals surface area contributed by atoms with Gasteiger partial charge in [-0.1, -0.05) is 25.5 Å². The summed E-state index contributed by atoms with van der Waals surface area (Å²) in [5, 5.41) is 4.15. The number of hydrogen-bond donors (Lipinski definition) is 1. The molecule has 0 aliphatic carbocycles. The molecule has 29 heavy (non-hydrogen) atoms. The lowest BCUT2D eigenvalue weighted by Gasteiger charge is -2.47. The molecule has 1 aromatic rings. The minimum Gasteiger partial charge on any atom is -0.358 e. The Balaban J connectivity index is 1.82. The lowest BCUT2D eigenvalue weighted by Crippen LogP contribution is -2.58. The first-order valence-electron chi connectivity index (χ1n) is 10.9. The smallest absolute Gasteiger partial charge is 0.175 e. The highest BCUT2D eigenvalue weighted by molar-refractivity contribution is 8.00. The average molecular weight is 441 g/mol. The van der Waals surface area contributed by atoms with E-state index < -0.39 is 9.84 Å². The van der Waals surface area contributed by atoms with Crippen LogP contribution in [0, 0.1) is 0 Å². The van der Waals surface area contributed by atoms with Gasteiger partial charge in [-0.05, 0) is 56.6 Å². The predicted octanol–water partition coefficient (Wildman–Crippen LogP) is 3.85. The molecule has 4 unspecified atom stereocenters. The van der Waals surface area contributed by atoms with Crippen molar-refractivity contribution in [1.82, 2.24) is 10.2 Å². The molecule has 0 radical (unpaired) electrons. The van der Waals surface area contributed by atoms with Crippen LogP contribution in [-0.2, 0) is 14.6 Å². The largest absolute Gasteiger partial charge is 0.358 e. The zero-order valence-electron chi connectivity index (χ0n) is 18.1. The van der Waals surface area contributed by atoms with Crippen LogP contribution in [0.2, 0.25) is 0 Å². The quantitative estimate of drug-likeness (QED) is 0.663. The van der Waals surface area contributed by atoms with Gasteiger partial charge >= 0.3 is 0 Å². The summed E-state index contributed by atoms with van der Waals surface area (Å²) in [6.45, 7) is 8.41. The van der Waals surface area contributed by atoms with E-state index in [1.807, 2.05) is 23.9 Å². The van der Waals surface area contributed by atoms with Gasteiger partial charge in [0.05, 0.1) is 11.0 Å². The average Bonchev–Trinajstić information content (AvgIpc) is 3.22. The molecule has 2 saturated heterocycles. The van der Waals surface area contributed by atoms with E-state index in [0.717, 1.165) is 31.5 Å². The Morgan fingerprint density at radius 2 is 1.97 bits per heavy atom. The molecule has 3 rings (SSSR count). The molecule has 1 aromatic carbocycles. The molecule has 0 bridgehead atoms. The molecular formula is C22H36N2O3S2. The van der Waals surface area contributed by atoms with Crippen LogP contribution in [0.25, 0.3) is 0 Å². The number of nitrogens with one attached hydrogen (secondary N) is 1. The Kier molecular flexibility index (Phi) is 8.07. The molecule has 0 aromatic heterocycles. The van der Waals surface area contributed by atoms with Gasteiger partial charge in [0.1, 0.15) is 6.23 Å². The van der Waals surface area contributed by atoms with Crippen molar-refractivity contribution in [2.45, 2.75) is 81.0 Å². The van der Waals surface area contributed by atoms with E-state index in [1.54, 1.807) is 12.1 Å². The highest BCUT2D eigenvalue weighted by Crippen LogP contribution is 2.34. The summed E-state index contributed by atoms with van der Waals surface area (Å²) in [6, 6.07) is 7.97. The molecule has 0 spiro atoms. The van der Waals surface area contributed by atoms with E-state index in [9.17, 15) is 8.42 Å². The summed E-state index contributed by atoms with van der Waals surface area (Å²) in [7, 11) is -3.18. The second kappa shape index (κ2) is 10.1. The summed E-state index contributed by atoms with van der Waals surface area (Å²) < 4.78 is 30.3. The minimum absolute atomic E-state index is 0.0288. The Morgan fingerprint density at radius 3 is 2.55 bits per heavy atom. The van der Waals surface area contributed by atoms with Crippen molar-refractivity contribution in [3.05, 3.63) is 29.8 Å². The summed E-state index contributed by atoms with van der Waals surface area (Å²) in [6.07, 6.45) is 6.30. The van der Waals surface area contributed by atoms with Crippen molar-refractivity contribution >= 4 is 21.6 Å². The molecule has 1 N–H and O–H groups in total. The van der Waals surface area contributed by atoms with Gasteiger partial charge in [0.25, 0.3) is 0 Å². The monoisotopic (exact) mass is 440 g/mol. The Morgan fingerprint density at radius 1 is 1.24 bits per heavy atom. The van der Waals surface area contributed by atoms with Gasteiger partial charge in [0, 0.05) is 36.7 Å². The van der Waals surface area contributed by atoms with Crippen molar-refractivity contribution in [3.63, 3.8) is 0 Å². The van der Waals surface area contributed by atoms with Crippen LogP contribution in [0.5, 0.6) is 0 Å². The number of rotatable bonds is 8. The van der Waals surface area contributed by atoms with Crippen LogP contribution in [-0.4, -0.2) is 62.0 Å². The fourth-order valence-corrected chi connectivity index (χ4v) is 6.50. The van der Waals surface area contributed by atoms with Crippen LogP contribution in [0.4, 0.5) is 0 Å². The summed E-state index contributed by atoms with van der Waals surface area (Å²) in [5.74, 6) is 1.24. The maximum Gasteiger partial charge on any atom is 0.175 e. The lowest BCUT2D eigenvalue weighted by atomic mass is 9.99. The number of nitrogens with zero attached hydrogens (tertiary/aromatic N) is 1. The molecule has 0 amide bonds. The maximum absolute atomic E-state index is 11.8. The summed E-state index contributed by atoms with van der Waals surface area (Å²) in [5.41, 5.74) is 1.14. The molecular weight excluding hydrogens is 404 g/mol. The zero-order chi connectivity index (χ0) is 21.0. The molecule has 164 valence electrons. The van der Waals surface area contributed by atoms with Gasteiger partial charge in [0.2, 0.25) is 0 Å². The van der Waals surface area contributed by atoms with Crippen LogP contribution < -0.4 is 5.32 Å². The number of piperazine rings is 1. The first-order valence-corrected chi connectivity index (χ1v) is 13.8. The first kappa shape index (κ1) is 23.1. The predicted molar refractivity (Wildman–Crippen MR) is 121 cm³/mol. The molecule has 2 aliphatic heterocycles. The number of benzene rings is 1. The van der Waals surface area contributed by atoms with E-state index in [2.05, 4.69) is 31.0 Å². The standard InChI is InChI=1S/C22H36N2O3S2/c1-5-7-16(2)24-20(18-9-11-19(12-10-18)29(4,25)26)14-23-15-22(24)27-17(3)21-8-6-13-28-21/h9-12,16-17,20-23H,5-8,13-15H2,1-4H3/t16?,17-,20?,21?,22?/m0/s1. The molecule has 2 fully saturated rings. The van der Waals surface area contributed by atoms with E-state index >= 15 is 0 Å². The summed E-state index contributed by atoms with van der Waals surface area (Å²) in [4.78, 5) is 2.89. The van der Waals surface area contributed by atoms with Crippen molar-refractivity contribution in [1.29, 1.82) is 0 Å². The number of thioether (sulfide) groups is 1. The van der Waals surface area contributed by atoms with Gasteiger partial charge in [-0.3, -0.25) is 4.90 Å². The maximum atomic E-state index is 11.8. The highest BCUT2D eigenvalue weighted by Gasteiger charge is 2.37. The third kappa shape index (κ3) is 5.76. The number of sulfone groups is 1. The van der Waals surface area contributed by atoms with E-state index in [4.69, 9.17) is 4.74 Å². The van der Waals surface area contributed by atoms with Crippen LogP contribution in [0.1, 0.15) is 58.1 Å². The van der Waals surface area contributed by atoms with Gasteiger partial charge in [-0.15, -0.1) is 0 Å². The van der Waals surface area contributed by atoms with Gasteiger partial charge in [-0.2, -0.15) is 11.8 Å². The van der Waals surface area contributed by atoms with Gasteiger partial charge in [-0.25, -0.2) is 8.42 Å². The third-order valence-electron chi connectivity index (χ3n) is 6.12. The Labute approximate surface area is 180 Å². The van der Waals surface area contributed by atoms with Crippen LogP contribution in [0.15, 0.2) is 29.2 Å². The zero-order valence-corrected chi connectivity index (χ0v) is 19.8. The van der Waals surface area contributed by atoms with Gasteiger partial charge < -0.3 is 10.1 Å². The SMILES string of the molecule is CCCC(C)N1C(O[C@@H](C)C2CCCS2)CNCC1c1ccc(S(C)(=O)=O)cc1. The van der Waals surface area contributed by atoms with Crippen LogP contribution in [0.3, 0.4) is 0 Å². The number of ether oxygens (including phenoxy) is 1. The molecule has 0 saturated carbocycles. The van der Waals surface area contributed by atoms with Crippen molar-refractivity contribution in [2.24, 2.45) is 0 Å². The molecule has 2 aliphatic rings. The second-order valence-electron chi connectivity index (χ2n) is 8.45. The Hall–Kier alpha value is -0.600. The molecule has 5 atom stereocenters. The van der Waals surface area contributed by atoms with Gasteiger partial charge in [0.15, 0.2) is 9.84 Å². The topological polar surface area (TPSA) is 58.6 Å². The highest BCUT2D eigenvalue weighted by atomic mass is 32.2. The Bertz CT molecular complexity index is 748. The minimum atomic E-state index is -3.18. The lowest BCUT2D eigenvalue weighted by molar-refractivity contribution is -0.138. The first-order chi connectivity index (χ1) is 13.8. The van der Waals surface area contributed by atoms with E-state index in [-0.39, 0.29) is 18.4 Å². The normalized spacial score (nSPS) is 28.3. The number of hydrogen-bond acceptors (Lipinski definition) is 6.